The molecular formula is C16H19NO2S. The van der Waals surface area contributed by atoms with Crippen molar-refractivity contribution < 1.29 is 9.53 Å². The van der Waals surface area contributed by atoms with Crippen LogP contribution >= 0.6 is 11.3 Å². The number of rotatable bonds is 6. The Morgan fingerprint density at radius 1 is 1.20 bits per heavy atom. The van der Waals surface area contributed by atoms with E-state index in [4.69, 9.17) is 0 Å². The van der Waals surface area contributed by atoms with Gasteiger partial charge in [-0.25, -0.2) is 4.79 Å². The standard InChI is InChI=1S/C16H19NO2S/c1-3-13-8-9-20-15(13)11-17-10-12-4-6-14(7-5-12)16(18)19-2/h4-9,17H,3,10-11H2,1-2H3. The Morgan fingerprint density at radius 3 is 2.60 bits per heavy atom. The van der Waals surface area contributed by atoms with Crippen molar-refractivity contribution in [1.29, 1.82) is 0 Å². The van der Waals surface area contributed by atoms with Crippen LogP contribution in [0.25, 0.3) is 0 Å². The van der Waals surface area contributed by atoms with Gasteiger partial charge in [0.1, 0.15) is 0 Å². The highest BCUT2D eigenvalue weighted by Crippen LogP contribution is 2.17. The number of carbonyl (C=O) groups excluding carboxylic acids is 1. The van der Waals surface area contributed by atoms with Gasteiger partial charge in [0, 0.05) is 18.0 Å². The topological polar surface area (TPSA) is 38.3 Å². The maximum atomic E-state index is 11.3. The second-order valence-corrected chi connectivity index (χ2v) is 5.52. The minimum Gasteiger partial charge on any atom is -0.465 e. The van der Waals surface area contributed by atoms with Gasteiger partial charge in [-0.3, -0.25) is 0 Å². The van der Waals surface area contributed by atoms with Gasteiger partial charge >= 0.3 is 5.97 Å². The van der Waals surface area contributed by atoms with Crippen molar-refractivity contribution in [1.82, 2.24) is 5.32 Å². The molecular weight excluding hydrogens is 270 g/mol. The molecule has 2 rings (SSSR count). The van der Waals surface area contributed by atoms with Crippen LogP contribution in [-0.2, 0) is 24.2 Å². The largest absolute Gasteiger partial charge is 0.465 e. The number of benzene rings is 1. The van der Waals surface area contributed by atoms with Crippen molar-refractivity contribution in [3.05, 3.63) is 57.3 Å². The van der Waals surface area contributed by atoms with Gasteiger partial charge in [-0.15, -0.1) is 11.3 Å². The first kappa shape index (κ1) is 14.8. The number of aryl methyl sites for hydroxylation is 1. The molecule has 1 N–H and O–H groups in total. The van der Waals surface area contributed by atoms with E-state index < -0.39 is 0 Å². The first-order valence-corrected chi connectivity index (χ1v) is 7.55. The summed E-state index contributed by atoms with van der Waals surface area (Å²) >= 11 is 1.79. The Labute approximate surface area is 123 Å². The minimum absolute atomic E-state index is 0.296. The summed E-state index contributed by atoms with van der Waals surface area (Å²) in [5.74, 6) is -0.296. The van der Waals surface area contributed by atoms with E-state index >= 15 is 0 Å². The van der Waals surface area contributed by atoms with Gasteiger partial charge in [0.25, 0.3) is 0 Å². The quantitative estimate of drug-likeness (QED) is 0.828. The van der Waals surface area contributed by atoms with Gasteiger partial charge in [-0.2, -0.15) is 0 Å². The lowest BCUT2D eigenvalue weighted by atomic mass is 10.1. The Balaban J connectivity index is 1.87. The van der Waals surface area contributed by atoms with Crippen LogP contribution in [-0.4, -0.2) is 13.1 Å². The molecule has 0 aliphatic rings. The van der Waals surface area contributed by atoms with E-state index in [9.17, 15) is 4.79 Å². The van der Waals surface area contributed by atoms with Crippen LogP contribution in [0.3, 0.4) is 0 Å². The van der Waals surface area contributed by atoms with Crippen molar-refractivity contribution in [2.45, 2.75) is 26.4 Å². The molecule has 0 unspecified atom stereocenters. The molecule has 2 aromatic rings. The molecule has 0 bridgehead atoms. The Kier molecular flexibility index (Phi) is 5.32. The minimum atomic E-state index is -0.296. The summed E-state index contributed by atoms with van der Waals surface area (Å²) in [6.07, 6.45) is 1.08. The lowest BCUT2D eigenvalue weighted by molar-refractivity contribution is 0.0600. The second-order valence-electron chi connectivity index (χ2n) is 4.51. The smallest absolute Gasteiger partial charge is 0.337 e. The molecule has 0 spiro atoms. The van der Waals surface area contributed by atoms with E-state index in [-0.39, 0.29) is 5.97 Å². The molecule has 0 aliphatic carbocycles. The second kappa shape index (κ2) is 7.22. The third-order valence-electron chi connectivity index (χ3n) is 3.21. The predicted octanol–water partition coefficient (Wildman–Crippen LogP) is 3.39. The highest BCUT2D eigenvalue weighted by atomic mass is 32.1. The monoisotopic (exact) mass is 289 g/mol. The van der Waals surface area contributed by atoms with Crippen LogP contribution in [0.2, 0.25) is 0 Å². The molecule has 0 saturated carbocycles. The van der Waals surface area contributed by atoms with Crippen LogP contribution in [0.1, 0.15) is 33.3 Å². The van der Waals surface area contributed by atoms with E-state index in [0.717, 1.165) is 25.1 Å². The van der Waals surface area contributed by atoms with E-state index in [2.05, 4.69) is 28.4 Å². The van der Waals surface area contributed by atoms with Gasteiger partial charge in [-0.1, -0.05) is 19.1 Å². The average Bonchev–Trinajstić information content (AvgIpc) is 2.94. The number of nitrogens with one attached hydrogen (secondary N) is 1. The van der Waals surface area contributed by atoms with Crippen molar-refractivity contribution in [3.63, 3.8) is 0 Å². The zero-order chi connectivity index (χ0) is 14.4. The Hall–Kier alpha value is -1.65. The molecule has 1 aromatic heterocycles. The molecule has 1 aromatic carbocycles. The number of thiophene rings is 1. The zero-order valence-electron chi connectivity index (χ0n) is 11.8. The molecule has 0 aliphatic heterocycles. The molecule has 0 radical (unpaired) electrons. The summed E-state index contributed by atoms with van der Waals surface area (Å²) in [7, 11) is 1.39. The first-order valence-electron chi connectivity index (χ1n) is 6.67. The molecule has 0 saturated heterocycles. The summed E-state index contributed by atoms with van der Waals surface area (Å²) in [4.78, 5) is 12.7. The van der Waals surface area contributed by atoms with E-state index in [1.54, 1.807) is 23.5 Å². The van der Waals surface area contributed by atoms with Crippen LogP contribution < -0.4 is 5.32 Å². The Bertz CT molecular complexity index is 560. The Morgan fingerprint density at radius 2 is 1.95 bits per heavy atom. The highest BCUT2D eigenvalue weighted by Gasteiger charge is 2.05. The lowest BCUT2D eigenvalue weighted by Crippen LogP contribution is -2.13. The molecule has 0 atom stereocenters. The SMILES string of the molecule is CCc1ccsc1CNCc1ccc(C(=O)OC)cc1. The van der Waals surface area contributed by atoms with Gasteiger partial charge in [0.15, 0.2) is 0 Å². The first-order chi connectivity index (χ1) is 9.74. The van der Waals surface area contributed by atoms with Crippen LogP contribution in [0, 0.1) is 0 Å². The molecule has 1 heterocycles. The highest BCUT2D eigenvalue weighted by molar-refractivity contribution is 7.10. The average molecular weight is 289 g/mol. The van der Waals surface area contributed by atoms with Crippen molar-refractivity contribution in [2.24, 2.45) is 0 Å². The molecule has 20 heavy (non-hydrogen) atoms. The summed E-state index contributed by atoms with van der Waals surface area (Å²) in [6, 6.07) is 9.69. The fourth-order valence-electron chi connectivity index (χ4n) is 2.03. The molecule has 106 valence electrons. The third-order valence-corrected chi connectivity index (χ3v) is 4.17. The number of esters is 1. The zero-order valence-corrected chi connectivity index (χ0v) is 12.6. The van der Waals surface area contributed by atoms with E-state index in [1.165, 1.54) is 17.6 Å². The third kappa shape index (κ3) is 3.68. The number of carbonyl (C=O) groups is 1. The normalized spacial score (nSPS) is 10.5. The number of hydrogen-bond acceptors (Lipinski definition) is 4. The van der Waals surface area contributed by atoms with Crippen LogP contribution in [0.15, 0.2) is 35.7 Å². The van der Waals surface area contributed by atoms with Crippen LogP contribution in [0.4, 0.5) is 0 Å². The fourth-order valence-corrected chi connectivity index (χ4v) is 2.98. The fraction of sp³-hybridized carbons (Fsp3) is 0.312. The van der Waals surface area contributed by atoms with Gasteiger partial charge in [0.05, 0.1) is 12.7 Å². The van der Waals surface area contributed by atoms with Crippen LogP contribution in [0.5, 0.6) is 0 Å². The van der Waals surface area contributed by atoms with Crippen molar-refractivity contribution >= 4 is 17.3 Å². The number of hydrogen-bond donors (Lipinski definition) is 1. The van der Waals surface area contributed by atoms with Gasteiger partial charge in [0.2, 0.25) is 0 Å². The molecule has 0 amide bonds. The molecule has 4 heteroatoms. The maximum absolute atomic E-state index is 11.3. The summed E-state index contributed by atoms with van der Waals surface area (Å²) in [6.45, 7) is 3.86. The number of methoxy groups -OCH3 is 1. The predicted molar refractivity (Wildman–Crippen MR) is 82.0 cm³/mol. The number of ether oxygens (including phenoxy) is 1. The van der Waals surface area contributed by atoms with Crippen molar-refractivity contribution in [2.75, 3.05) is 7.11 Å². The van der Waals surface area contributed by atoms with E-state index in [1.807, 2.05) is 12.1 Å². The van der Waals surface area contributed by atoms with Gasteiger partial charge in [-0.05, 0) is 41.1 Å². The summed E-state index contributed by atoms with van der Waals surface area (Å²) < 4.78 is 4.68. The van der Waals surface area contributed by atoms with E-state index in [0.29, 0.717) is 5.56 Å². The van der Waals surface area contributed by atoms with Gasteiger partial charge < -0.3 is 10.1 Å². The lowest BCUT2D eigenvalue weighted by Gasteiger charge is -2.06. The summed E-state index contributed by atoms with van der Waals surface area (Å²) in [5, 5.41) is 5.58. The molecule has 3 nitrogen and oxygen atoms in total. The maximum Gasteiger partial charge on any atom is 0.337 e. The molecule has 0 fully saturated rings. The summed E-state index contributed by atoms with van der Waals surface area (Å²) in [5.41, 5.74) is 3.17. The van der Waals surface area contributed by atoms with Crippen molar-refractivity contribution in [3.8, 4) is 0 Å².